The lowest BCUT2D eigenvalue weighted by Crippen LogP contribution is -2.41. The van der Waals surface area contributed by atoms with Crippen molar-refractivity contribution < 1.29 is 23.7 Å². The molecule has 5 rings (SSSR count). The highest BCUT2D eigenvalue weighted by atomic mass is 32.1. The monoisotopic (exact) mass is 494 g/mol. The molecule has 3 heterocycles. The molecule has 2 aromatic carbocycles. The number of benzene rings is 2. The number of nitrogens with zero attached hydrogens (tertiary/aromatic N) is 3. The molecular formula is C25H26N4O5S. The van der Waals surface area contributed by atoms with Gasteiger partial charge in [-0.3, -0.25) is 9.89 Å². The van der Waals surface area contributed by atoms with Gasteiger partial charge < -0.3 is 23.8 Å². The van der Waals surface area contributed by atoms with Gasteiger partial charge in [0.1, 0.15) is 29.0 Å². The van der Waals surface area contributed by atoms with Gasteiger partial charge >= 0.3 is 0 Å². The SMILES string of the molecule is COc1ccc(OC)c(-c2cc(C(=O)N3CCC(Oc4nc5ccc(OC)cc5s4)CC3)[nH]n2)c1. The summed E-state index contributed by atoms with van der Waals surface area (Å²) >= 11 is 1.50. The number of amides is 1. The molecule has 1 fully saturated rings. The van der Waals surface area contributed by atoms with Gasteiger partial charge in [-0.05, 0) is 42.5 Å². The second-order valence-corrected chi connectivity index (χ2v) is 9.15. The van der Waals surface area contributed by atoms with E-state index < -0.39 is 0 Å². The minimum Gasteiger partial charge on any atom is -0.497 e. The molecule has 0 bridgehead atoms. The molecule has 0 unspecified atom stereocenters. The standard InChI is InChI=1S/C25H26N4O5S/c1-31-16-5-7-22(33-3)18(12-16)20-14-21(28-27-20)24(30)29-10-8-15(9-11-29)34-25-26-19-6-4-17(32-2)13-23(19)35-25/h4-7,12-15H,8-11H2,1-3H3,(H,27,28). The number of nitrogens with one attached hydrogen (secondary N) is 1. The lowest BCUT2D eigenvalue weighted by molar-refractivity contribution is 0.0590. The van der Waals surface area contributed by atoms with Crippen LogP contribution in [0.1, 0.15) is 23.3 Å². The van der Waals surface area contributed by atoms with E-state index >= 15 is 0 Å². The summed E-state index contributed by atoms with van der Waals surface area (Å²) in [6.07, 6.45) is 1.48. The van der Waals surface area contributed by atoms with Gasteiger partial charge in [-0.1, -0.05) is 11.3 Å². The Bertz CT molecular complexity index is 1340. The lowest BCUT2D eigenvalue weighted by Gasteiger charge is -2.31. The zero-order valence-corrected chi connectivity index (χ0v) is 20.6. The Labute approximate surface area is 206 Å². The lowest BCUT2D eigenvalue weighted by atomic mass is 10.1. The molecule has 0 radical (unpaired) electrons. The van der Waals surface area contributed by atoms with Crippen LogP contribution in [-0.4, -0.2) is 66.5 Å². The Kier molecular flexibility index (Phi) is 6.45. The molecule has 9 nitrogen and oxygen atoms in total. The molecule has 4 aromatic rings. The fourth-order valence-corrected chi connectivity index (χ4v) is 5.04. The highest BCUT2D eigenvalue weighted by Crippen LogP contribution is 2.34. The second-order valence-electron chi connectivity index (χ2n) is 8.16. The van der Waals surface area contributed by atoms with Gasteiger partial charge in [0, 0.05) is 31.5 Å². The number of rotatable bonds is 7. The van der Waals surface area contributed by atoms with E-state index in [-0.39, 0.29) is 12.0 Å². The number of methoxy groups -OCH3 is 3. The molecule has 1 N–H and O–H groups in total. The van der Waals surface area contributed by atoms with Crippen molar-refractivity contribution in [3.8, 4) is 33.7 Å². The largest absolute Gasteiger partial charge is 0.497 e. The molecule has 1 aliphatic rings. The molecule has 35 heavy (non-hydrogen) atoms. The van der Waals surface area contributed by atoms with E-state index in [0.717, 1.165) is 34.4 Å². The Balaban J connectivity index is 1.22. The minimum atomic E-state index is -0.0869. The third kappa shape index (κ3) is 4.74. The average molecular weight is 495 g/mol. The topological polar surface area (TPSA) is 98.8 Å². The van der Waals surface area contributed by atoms with Crippen molar-refractivity contribution >= 4 is 27.5 Å². The number of piperidine rings is 1. The van der Waals surface area contributed by atoms with Gasteiger partial charge in [-0.25, -0.2) is 4.98 Å². The van der Waals surface area contributed by atoms with Gasteiger partial charge in [0.15, 0.2) is 0 Å². The molecule has 0 aliphatic carbocycles. The number of thiazole rings is 1. The van der Waals surface area contributed by atoms with Crippen molar-refractivity contribution in [2.45, 2.75) is 18.9 Å². The number of fused-ring (bicyclic) bond motifs is 1. The van der Waals surface area contributed by atoms with Crippen LogP contribution in [0, 0.1) is 0 Å². The smallest absolute Gasteiger partial charge is 0.274 e. The number of H-pyrrole nitrogens is 1. The van der Waals surface area contributed by atoms with Gasteiger partial charge in [-0.15, -0.1) is 0 Å². The first-order chi connectivity index (χ1) is 17.1. The summed E-state index contributed by atoms with van der Waals surface area (Å²) < 4.78 is 23.2. The van der Waals surface area contributed by atoms with E-state index in [4.69, 9.17) is 18.9 Å². The molecule has 182 valence electrons. The van der Waals surface area contributed by atoms with E-state index in [0.29, 0.717) is 41.2 Å². The summed E-state index contributed by atoms with van der Waals surface area (Å²) in [5.41, 5.74) is 2.70. The maximum absolute atomic E-state index is 13.1. The van der Waals surface area contributed by atoms with E-state index in [1.807, 2.05) is 41.3 Å². The van der Waals surface area contributed by atoms with Crippen molar-refractivity contribution in [1.29, 1.82) is 0 Å². The molecule has 0 atom stereocenters. The van der Waals surface area contributed by atoms with Gasteiger partial charge in [0.2, 0.25) is 0 Å². The Morgan fingerprint density at radius 2 is 1.74 bits per heavy atom. The summed E-state index contributed by atoms with van der Waals surface area (Å²) in [6, 6.07) is 13.0. The Morgan fingerprint density at radius 3 is 2.49 bits per heavy atom. The van der Waals surface area contributed by atoms with Gasteiger partial charge in [0.05, 0.1) is 37.2 Å². The first-order valence-electron chi connectivity index (χ1n) is 11.3. The first-order valence-corrected chi connectivity index (χ1v) is 12.1. The zero-order chi connectivity index (χ0) is 24.4. The minimum absolute atomic E-state index is 0.0138. The summed E-state index contributed by atoms with van der Waals surface area (Å²) in [6.45, 7) is 1.19. The predicted molar refractivity (Wildman–Crippen MR) is 133 cm³/mol. The number of aromatic nitrogens is 3. The Morgan fingerprint density at radius 1 is 1.00 bits per heavy atom. The van der Waals surface area contributed by atoms with Crippen LogP contribution in [0.5, 0.6) is 22.4 Å². The van der Waals surface area contributed by atoms with Crippen LogP contribution < -0.4 is 18.9 Å². The summed E-state index contributed by atoms with van der Waals surface area (Å²) in [4.78, 5) is 19.5. The normalized spacial score (nSPS) is 14.2. The van der Waals surface area contributed by atoms with Gasteiger partial charge in [-0.2, -0.15) is 5.10 Å². The molecule has 1 saturated heterocycles. The molecule has 2 aromatic heterocycles. The molecule has 1 amide bonds. The van der Waals surface area contributed by atoms with Gasteiger partial charge in [0.25, 0.3) is 11.1 Å². The van der Waals surface area contributed by atoms with Crippen molar-refractivity contribution in [2.75, 3.05) is 34.4 Å². The zero-order valence-electron chi connectivity index (χ0n) is 19.7. The maximum Gasteiger partial charge on any atom is 0.274 e. The molecule has 1 aliphatic heterocycles. The number of carbonyl (C=O) groups excluding carboxylic acids is 1. The average Bonchev–Trinajstić information content (AvgIpc) is 3.55. The van der Waals surface area contributed by atoms with Crippen LogP contribution in [0.4, 0.5) is 0 Å². The molecule has 0 saturated carbocycles. The van der Waals surface area contributed by atoms with Crippen LogP contribution in [0.2, 0.25) is 0 Å². The van der Waals surface area contributed by atoms with Crippen LogP contribution >= 0.6 is 11.3 Å². The summed E-state index contributed by atoms with van der Waals surface area (Å²) in [5.74, 6) is 2.05. The summed E-state index contributed by atoms with van der Waals surface area (Å²) in [5, 5.41) is 7.86. The fraction of sp³-hybridized carbons (Fsp3) is 0.320. The third-order valence-electron chi connectivity index (χ3n) is 6.06. The number of hydrogen-bond donors (Lipinski definition) is 1. The molecule has 0 spiro atoms. The predicted octanol–water partition coefficient (Wildman–Crippen LogP) is 4.40. The fourth-order valence-electron chi connectivity index (χ4n) is 4.13. The number of likely N-dealkylation sites (tertiary alicyclic amines) is 1. The van der Waals surface area contributed by atoms with E-state index in [2.05, 4.69) is 15.2 Å². The van der Waals surface area contributed by atoms with Crippen molar-refractivity contribution in [3.63, 3.8) is 0 Å². The molecule has 10 heteroatoms. The number of ether oxygens (including phenoxy) is 4. The van der Waals surface area contributed by atoms with E-state index in [1.165, 1.54) is 11.3 Å². The Hall–Kier alpha value is -3.79. The third-order valence-corrected chi connectivity index (χ3v) is 6.97. The van der Waals surface area contributed by atoms with E-state index in [9.17, 15) is 4.79 Å². The van der Waals surface area contributed by atoms with Crippen LogP contribution in [-0.2, 0) is 0 Å². The number of hydrogen-bond acceptors (Lipinski definition) is 8. The highest BCUT2D eigenvalue weighted by Gasteiger charge is 2.27. The molecular weight excluding hydrogens is 468 g/mol. The second kappa shape index (κ2) is 9.83. The quantitative estimate of drug-likeness (QED) is 0.407. The maximum atomic E-state index is 13.1. The summed E-state index contributed by atoms with van der Waals surface area (Å²) in [7, 11) is 4.85. The number of aromatic amines is 1. The van der Waals surface area contributed by atoms with Crippen molar-refractivity contribution in [2.24, 2.45) is 0 Å². The first kappa shape index (κ1) is 23.0. The van der Waals surface area contributed by atoms with Crippen LogP contribution in [0.15, 0.2) is 42.5 Å². The highest BCUT2D eigenvalue weighted by molar-refractivity contribution is 7.20. The van der Waals surface area contributed by atoms with Crippen molar-refractivity contribution in [3.05, 3.63) is 48.2 Å². The van der Waals surface area contributed by atoms with Crippen LogP contribution in [0.25, 0.3) is 21.5 Å². The van der Waals surface area contributed by atoms with E-state index in [1.54, 1.807) is 27.4 Å². The van der Waals surface area contributed by atoms with Crippen molar-refractivity contribution in [1.82, 2.24) is 20.1 Å². The number of carbonyl (C=O) groups is 1. The van der Waals surface area contributed by atoms with Crippen LogP contribution in [0.3, 0.4) is 0 Å².